The minimum Gasteiger partial charge on any atom is -0.344 e. The van der Waals surface area contributed by atoms with Crippen LogP contribution in [0.5, 0.6) is 0 Å². The Bertz CT molecular complexity index is 18.1. The van der Waals surface area contributed by atoms with Crippen LogP contribution in [0.1, 0.15) is 13.3 Å². The smallest absolute Gasteiger partial charge is 0.344 e. The SMILES string of the molecule is C=C[CH2-].[CH2-]CC.[Mg+2]. The fourth-order valence-corrected chi connectivity index (χ4v) is 0. The van der Waals surface area contributed by atoms with E-state index in [0.717, 1.165) is 6.42 Å². The monoisotopic (exact) mass is 108 g/mol. The van der Waals surface area contributed by atoms with Gasteiger partial charge in [-0.15, -0.1) is 0 Å². The van der Waals surface area contributed by atoms with Crippen LogP contribution >= 0.6 is 0 Å². The molecule has 0 aromatic heterocycles. The zero-order valence-electron chi connectivity index (χ0n) is 5.11. The van der Waals surface area contributed by atoms with E-state index >= 15 is 0 Å². The van der Waals surface area contributed by atoms with Gasteiger partial charge in [-0.2, -0.15) is 6.42 Å². The quantitative estimate of drug-likeness (QED) is 0.328. The zero-order valence-corrected chi connectivity index (χ0v) is 6.53. The van der Waals surface area contributed by atoms with E-state index in [1.54, 1.807) is 0 Å². The molecule has 0 saturated heterocycles. The Morgan fingerprint density at radius 3 is 1.71 bits per heavy atom. The minimum absolute atomic E-state index is 0. The summed E-state index contributed by atoms with van der Waals surface area (Å²) >= 11 is 0. The number of allylic oxidation sites excluding steroid dienone is 1. The summed E-state index contributed by atoms with van der Waals surface area (Å²) in [5.41, 5.74) is 0. The molecule has 0 aliphatic rings. The first-order valence-corrected chi connectivity index (χ1v) is 2.02. The van der Waals surface area contributed by atoms with Gasteiger partial charge in [0.1, 0.15) is 0 Å². The molecular formula is C6H12Mg. The topological polar surface area (TPSA) is 0 Å². The van der Waals surface area contributed by atoms with E-state index in [2.05, 4.69) is 20.4 Å². The summed E-state index contributed by atoms with van der Waals surface area (Å²) in [6, 6.07) is 0. The Hall–Kier alpha value is 0.376. The zero-order chi connectivity index (χ0) is 5.41. The third kappa shape index (κ3) is 863. The molecule has 0 aromatic carbocycles. The summed E-state index contributed by atoms with van der Waals surface area (Å²) in [5.74, 6) is 0. The third-order valence-corrected chi connectivity index (χ3v) is 0. The summed E-state index contributed by atoms with van der Waals surface area (Å²) < 4.78 is 0. The van der Waals surface area contributed by atoms with Crippen molar-refractivity contribution in [2.45, 2.75) is 13.3 Å². The molecule has 0 atom stereocenters. The van der Waals surface area contributed by atoms with E-state index in [-0.39, 0.29) is 23.1 Å². The van der Waals surface area contributed by atoms with E-state index in [9.17, 15) is 0 Å². The normalized spacial score (nSPS) is 4.29. The second kappa shape index (κ2) is 32.6. The standard InChI is InChI=1S/C3H7.C3H5.Mg/c2*1-3-2;/h1,3H2,2H3;3H,1-2H2;/q2*-1;+2. The maximum Gasteiger partial charge on any atom is 2.00 e. The summed E-state index contributed by atoms with van der Waals surface area (Å²) in [5, 5.41) is 0. The van der Waals surface area contributed by atoms with Crippen molar-refractivity contribution in [3.8, 4) is 0 Å². The molecule has 0 aliphatic heterocycles. The van der Waals surface area contributed by atoms with Crippen molar-refractivity contribution >= 4 is 23.1 Å². The molecule has 0 radical (unpaired) electrons. The Kier molecular flexibility index (Phi) is 73.0. The average molecular weight is 108 g/mol. The molecule has 0 unspecified atom stereocenters. The van der Waals surface area contributed by atoms with Crippen molar-refractivity contribution in [2.24, 2.45) is 0 Å². The van der Waals surface area contributed by atoms with Crippen molar-refractivity contribution in [3.63, 3.8) is 0 Å². The predicted molar refractivity (Wildman–Crippen MR) is 37.0 cm³/mol. The Labute approximate surface area is 63.2 Å². The number of rotatable bonds is 0. The van der Waals surface area contributed by atoms with Gasteiger partial charge >= 0.3 is 23.1 Å². The first-order chi connectivity index (χ1) is 2.83. The van der Waals surface area contributed by atoms with Gasteiger partial charge in [-0.05, 0) is 0 Å². The molecule has 0 fully saturated rings. The predicted octanol–water partition coefficient (Wildman–Crippen LogP) is 1.86. The summed E-state index contributed by atoms with van der Waals surface area (Å²) in [6.45, 7) is 12.0. The van der Waals surface area contributed by atoms with Crippen LogP contribution in [0.15, 0.2) is 12.7 Å². The van der Waals surface area contributed by atoms with Crippen molar-refractivity contribution in [3.05, 3.63) is 26.5 Å². The van der Waals surface area contributed by atoms with Crippen LogP contribution in [0.4, 0.5) is 0 Å². The van der Waals surface area contributed by atoms with Crippen LogP contribution in [0.2, 0.25) is 0 Å². The molecule has 0 N–H and O–H groups in total. The largest absolute Gasteiger partial charge is 2.00 e. The molecule has 0 amide bonds. The van der Waals surface area contributed by atoms with Crippen LogP contribution in [0, 0.1) is 13.8 Å². The summed E-state index contributed by atoms with van der Waals surface area (Å²) in [6.07, 6.45) is 2.50. The van der Waals surface area contributed by atoms with Crippen LogP contribution in [0.25, 0.3) is 0 Å². The van der Waals surface area contributed by atoms with Gasteiger partial charge in [-0.25, -0.2) is 19.6 Å². The number of hydrogen-bond donors (Lipinski definition) is 0. The van der Waals surface area contributed by atoms with Gasteiger partial charge in [0.15, 0.2) is 0 Å². The summed E-state index contributed by atoms with van der Waals surface area (Å²) in [7, 11) is 0. The van der Waals surface area contributed by atoms with Gasteiger partial charge in [-0.1, -0.05) is 6.92 Å². The molecule has 0 nitrogen and oxygen atoms in total. The van der Waals surface area contributed by atoms with Crippen LogP contribution < -0.4 is 0 Å². The molecule has 0 heterocycles. The maximum atomic E-state index is 3.49. The average Bonchev–Trinajstić information content (AvgIpc) is 1.39. The fourth-order valence-electron chi connectivity index (χ4n) is 0. The van der Waals surface area contributed by atoms with Crippen molar-refractivity contribution < 1.29 is 0 Å². The van der Waals surface area contributed by atoms with Gasteiger partial charge in [0.05, 0.1) is 0 Å². The number of hydrogen-bond acceptors (Lipinski definition) is 0. The molecule has 0 spiro atoms. The van der Waals surface area contributed by atoms with Gasteiger partial charge in [0.2, 0.25) is 0 Å². The Balaban J connectivity index is -0.0000000400. The Morgan fingerprint density at radius 1 is 1.71 bits per heavy atom. The van der Waals surface area contributed by atoms with Crippen LogP contribution in [-0.2, 0) is 0 Å². The minimum atomic E-state index is 0. The fraction of sp³-hybridized carbons (Fsp3) is 0.333. The molecule has 7 heavy (non-hydrogen) atoms. The molecule has 0 rings (SSSR count). The van der Waals surface area contributed by atoms with Crippen LogP contribution in [0.3, 0.4) is 0 Å². The van der Waals surface area contributed by atoms with E-state index in [1.165, 1.54) is 6.08 Å². The van der Waals surface area contributed by atoms with Gasteiger partial charge in [-0.3, -0.25) is 0 Å². The molecule has 0 aromatic rings. The van der Waals surface area contributed by atoms with Gasteiger partial charge < -0.3 is 6.92 Å². The summed E-state index contributed by atoms with van der Waals surface area (Å²) in [4.78, 5) is 0. The molecule has 0 bridgehead atoms. The van der Waals surface area contributed by atoms with E-state index in [1.807, 2.05) is 6.92 Å². The second-order valence-corrected chi connectivity index (χ2v) is 0.789. The van der Waals surface area contributed by atoms with E-state index in [0.29, 0.717) is 0 Å². The molecule has 1 heteroatoms. The van der Waals surface area contributed by atoms with E-state index in [4.69, 9.17) is 0 Å². The second-order valence-electron chi connectivity index (χ2n) is 0.789. The Morgan fingerprint density at radius 2 is 1.71 bits per heavy atom. The molecular weight excluding hydrogens is 96.4 g/mol. The van der Waals surface area contributed by atoms with Gasteiger partial charge in [0, 0.05) is 0 Å². The van der Waals surface area contributed by atoms with Crippen molar-refractivity contribution in [2.75, 3.05) is 0 Å². The molecule has 0 saturated carbocycles. The maximum absolute atomic E-state index is 3.49. The van der Waals surface area contributed by atoms with E-state index < -0.39 is 0 Å². The first kappa shape index (κ1) is 15.7. The third-order valence-electron chi connectivity index (χ3n) is 0. The van der Waals surface area contributed by atoms with Crippen molar-refractivity contribution in [1.82, 2.24) is 0 Å². The van der Waals surface area contributed by atoms with Crippen LogP contribution in [-0.4, -0.2) is 23.1 Å². The molecule has 38 valence electrons. The van der Waals surface area contributed by atoms with Crippen molar-refractivity contribution in [1.29, 1.82) is 0 Å². The first-order valence-electron chi connectivity index (χ1n) is 2.02. The molecule has 0 aliphatic carbocycles. The van der Waals surface area contributed by atoms with Gasteiger partial charge in [0.25, 0.3) is 0 Å².